The monoisotopic (exact) mass is 323 g/mol. The van der Waals surface area contributed by atoms with Gasteiger partial charge in [0.2, 0.25) is 5.91 Å². The third kappa shape index (κ3) is 4.72. The Morgan fingerprint density at radius 2 is 2.18 bits per heavy atom. The second-order valence-corrected chi connectivity index (χ2v) is 7.14. The number of halogens is 1. The first-order chi connectivity index (χ1) is 10.5. The van der Waals surface area contributed by atoms with E-state index in [4.69, 9.17) is 11.6 Å². The van der Waals surface area contributed by atoms with Crippen molar-refractivity contribution in [3.63, 3.8) is 0 Å². The number of carbonyl (C=O) groups is 1. The number of rotatable bonds is 5. The molecule has 3 unspecified atom stereocenters. The van der Waals surface area contributed by atoms with Crippen molar-refractivity contribution in [1.29, 1.82) is 0 Å². The molecule has 0 saturated heterocycles. The summed E-state index contributed by atoms with van der Waals surface area (Å²) in [5.74, 6) is 0.458. The Kier molecular flexibility index (Phi) is 6.27. The molecule has 1 aliphatic carbocycles. The van der Waals surface area contributed by atoms with Crippen molar-refractivity contribution in [2.24, 2.45) is 11.8 Å². The zero-order valence-electron chi connectivity index (χ0n) is 13.4. The van der Waals surface area contributed by atoms with E-state index in [0.29, 0.717) is 17.5 Å². The maximum atomic E-state index is 12.6. The van der Waals surface area contributed by atoms with Crippen LogP contribution >= 0.6 is 11.6 Å². The predicted octanol–water partition coefficient (Wildman–Crippen LogP) is 3.75. The fraction of sp³-hybridized carbons (Fsp3) is 0.611. The lowest BCUT2D eigenvalue weighted by Gasteiger charge is -2.27. The Hall–Kier alpha value is -1.06. The molecule has 0 heterocycles. The number of hydrogen-bond donors (Lipinski definition) is 2. The lowest BCUT2D eigenvalue weighted by molar-refractivity contribution is -0.123. The molecule has 22 heavy (non-hydrogen) atoms. The predicted molar refractivity (Wildman–Crippen MR) is 90.0 cm³/mol. The fourth-order valence-electron chi connectivity index (χ4n) is 3.34. The van der Waals surface area contributed by atoms with Gasteiger partial charge in [-0.15, -0.1) is 0 Å². The minimum Gasteiger partial charge on any atom is -0.393 e. The first-order valence-electron chi connectivity index (χ1n) is 8.18. The lowest BCUT2D eigenvalue weighted by Crippen LogP contribution is -2.37. The van der Waals surface area contributed by atoms with Gasteiger partial charge in [-0.2, -0.15) is 0 Å². The van der Waals surface area contributed by atoms with E-state index in [1.165, 1.54) is 0 Å². The lowest BCUT2D eigenvalue weighted by atomic mass is 9.85. The normalized spacial score (nSPS) is 23.3. The topological polar surface area (TPSA) is 49.3 Å². The number of aliphatic hydroxyl groups excluding tert-OH is 1. The van der Waals surface area contributed by atoms with Gasteiger partial charge in [0.15, 0.2) is 0 Å². The maximum Gasteiger partial charge on any atom is 0.227 e. The number of amides is 1. The van der Waals surface area contributed by atoms with Gasteiger partial charge in [-0.3, -0.25) is 4.79 Å². The van der Waals surface area contributed by atoms with E-state index in [2.05, 4.69) is 19.2 Å². The summed E-state index contributed by atoms with van der Waals surface area (Å²) >= 11 is 6.05. The number of carbonyl (C=O) groups excluding carboxylic acids is 1. The molecule has 2 N–H and O–H groups in total. The van der Waals surface area contributed by atoms with Crippen LogP contribution in [0.5, 0.6) is 0 Å². The quantitative estimate of drug-likeness (QED) is 0.867. The largest absolute Gasteiger partial charge is 0.393 e. The van der Waals surface area contributed by atoms with Crippen LogP contribution in [0.4, 0.5) is 0 Å². The van der Waals surface area contributed by atoms with E-state index in [0.717, 1.165) is 31.2 Å². The minimum absolute atomic E-state index is 0.0531. The van der Waals surface area contributed by atoms with Crippen molar-refractivity contribution < 1.29 is 9.90 Å². The molecule has 1 saturated carbocycles. The van der Waals surface area contributed by atoms with Crippen molar-refractivity contribution in [3.05, 3.63) is 34.9 Å². The molecule has 0 radical (unpaired) electrons. The van der Waals surface area contributed by atoms with E-state index < -0.39 is 0 Å². The van der Waals surface area contributed by atoms with E-state index in [-0.39, 0.29) is 23.8 Å². The van der Waals surface area contributed by atoms with Crippen LogP contribution in [-0.2, 0) is 4.79 Å². The van der Waals surface area contributed by atoms with Crippen molar-refractivity contribution in [2.45, 2.75) is 51.6 Å². The van der Waals surface area contributed by atoms with E-state index in [1.807, 2.05) is 24.3 Å². The van der Waals surface area contributed by atoms with Gasteiger partial charge in [0.05, 0.1) is 12.0 Å². The molecule has 3 nitrogen and oxygen atoms in total. The molecule has 4 heteroatoms. The van der Waals surface area contributed by atoms with Crippen molar-refractivity contribution >= 4 is 17.5 Å². The summed E-state index contributed by atoms with van der Waals surface area (Å²) in [6.07, 6.45) is 3.61. The van der Waals surface area contributed by atoms with Gasteiger partial charge >= 0.3 is 0 Å². The molecular weight excluding hydrogens is 298 g/mol. The number of benzene rings is 1. The summed E-state index contributed by atoms with van der Waals surface area (Å²) in [6.45, 7) is 4.75. The van der Waals surface area contributed by atoms with Gasteiger partial charge in [-0.1, -0.05) is 44.0 Å². The van der Waals surface area contributed by atoms with Crippen LogP contribution in [0.25, 0.3) is 0 Å². The smallest absolute Gasteiger partial charge is 0.227 e. The molecule has 0 aliphatic heterocycles. The van der Waals surface area contributed by atoms with Gasteiger partial charge in [0.1, 0.15) is 0 Å². The van der Waals surface area contributed by atoms with Crippen LogP contribution in [-0.4, -0.2) is 23.7 Å². The zero-order chi connectivity index (χ0) is 16.1. The Balaban J connectivity index is 1.98. The van der Waals surface area contributed by atoms with Gasteiger partial charge < -0.3 is 10.4 Å². The summed E-state index contributed by atoms with van der Waals surface area (Å²) < 4.78 is 0. The van der Waals surface area contributed by atoms with E-state index >= 15 is 0 Å². The highest BCUT2D eigenvalue weighted by molar-refractivity contribution is 6.30. The Morgan fingerprint density at radius 1 is 1.41 bits per heavy atom. The number of nitrogens with one attached hydrogen (secondary N) is 1. The number of aliphatic hydroxyl groups is 1. The third-order valence-corrected chi connectivity index (χ3v) is 4.71. The molecule has 0 bridgehead atoms. The Labute approximate surface area is 138 Å². The summed E-state index contributed by atoms with van der Waals surface area (Å²) in [5, 5.41) is 13.5. The maximum absolute atomic E-state index is 12.6. The fourth-order valence-corrected chi connectivity index (χ4v) is 3.54. The van der Waals surface area contributed by atoms with Crippen molar-refractivity contribution in [2.75, 3.05) is 6.54 Å². The highest BCUT2D eigenvalue weighted by atomic mass is 35.5. The molecule has 1 aromatic carbocycles. The molecule has 1 aliphatic rings. The Morgan fingerprint density at radius 3 is 2.82 bits per heavy atom. The molecular formula is C18H26ClNO2. The number of hydrogen-bond acceptors (Lipinski definition) is 2. The van der Waals surface area contributed by atoms with Gasteiger partial charge in [0, 0.05) is 11.6 Å². The van der Waals surface area contributed by atoms with Crippen LogP contribution in [0.15, 0.2) is 24.3 Å². The molecule has 1 amide bonds. The van der Waals surface area contributed by atoms with Crippen LogP contribution in [0, 0.1) is 11.8 Å². The third-order valence-electron chi connectivity index (χ3n) is 4.48. The Bertz CT molecular complexity index is 504. The average molecular weight is 324 g/mol. The van der Waals surface area contributed by atoms with E-state index in [1.54, 1.807) is 0 Å². The molecule has 1 fully saturated rings. The molecule has 122 valence electrons. The molecule has 1 aromatic rings. The highest BCUT2D eigenvalue weighted by Crippen LogP contribution is 2.28. The molecule has 3 atom stereocenters. The summed E-state index contributed by atoms with van der Waals surface area (Å²) in [6, 6.07) is 7.54. The second-order valence-electron chi connectivity index (χ2n) is 6.71. The first-order valence-corrected chi connectivity index (χ1v) is 8.56. The highest BCUT2D eigenvalue weighted by Gasteiger charge is 2.26. The van der Waals surface area contributed by atoms with Gasteiger partial charge in [-0.05, 0) is 48.8 Å². The van der Waals surface area contributed by atoms with Crippen LogP contribution in [0.1, 0.15) is 51.0 Å². The van der Waals surface area contributed by atoms with Crippen LogP contribution in [0.2, 0.25) is 5.02 Å². The average Bonchev–Trinajstić information content (AvgIpc) is 2.45. The molecule has 2 rings (SSSR count). The van der Waals surface area contributed by atoms with Crippen molar-refractivity contribution in [1.82, 2.24) is 5.32 Å². The second kappa shape index (κ2) is 7.98. The summed E-state index contributed by atoms with van der Waals surface area (Å²) in [5.41, 5.74) is 0.962. The van der Waals surface area contributed by atoms with Crippen molar-refractivity contribution in [3.8, 4) is 0 Å². The molecule has 0 spiro atoms. The van der Waals surface area contributed by atoms with Crippen LogP contribution in [0.3, 0.4) is 0 Å². The van der Waals surface area contributed by atoms with E-state index in [9.17, 15) is 9.90 Å². The summed E-state index contributed by atoms with van der Waals surface area (Å²) in [7, 11) is 0. The molecule has 0 aromatic heterocycles. The summed E-state index contributed by atoms with van der Waals surface area (Å²) in [4.78, 5) is 12.6. The van der Waals surface area contributed by atoms with Crippen LogP contribution < -0.4 is 5.32 Å². The SMILES string of the molecule is CC(C)C(C(=O)NCC1CCCC(O)C1)c1cccc(Cl)c1. The van der Waals surface area contributed by atoms with Gasteiger partial charge in [-0.25, -0.2) is 0 Å². The first kappa shape index (κ1) is 17.3. The standard InChI is InChI=1S/C18H26ClNO2/c1-12(2)17(14-6-4-7-15(19)10-14)18(22)20-11-13-5-3-8-16(21)9-13/h4,6-7,10,12-13,16-17,21H,3,5,8-9,11H2,1-2H3,(H,20,22). The minimum atomic E-state index is -0.204. The van der Waals surface area contributed by atoms with Gasteiger partial charge in [0.25, 0.3) is 0 Å². The zero-order valence-corrected chi connectivity index (χ0v) is 14.1.